The number of carbonyl (C=O) groups is 2. The van der Waals surface area contributed by atoms with Gasteiger partial charge >= 0.3 is 12.1 Å². The average molecular weight is 241 g/mol. The average Bonchev–Trinajstić information content (AvgIpc) is 2.88. The fourth-order valence-electron chi connectivity index (χ4n) is 2.48. The molecule has 96 valence electrons. The van der Waals surface area contributed by atoms with Crippen LogP contribution in [-0.2, 0) is 9.53 Å². The minimum atomic E-state index is -0.716. The van der Waals surface area contributed by atoms with Crippen molar-refractivity contribution in [2.75, 3.05) is 13.1 Å². The van der Waals surface area contributed by atoms with Crippen molar-refractivity contribution in [1.29, 1.82) is 0 Å². The van der Waals surface area contributed by atoms with Gasteiger partial charge in [0.2, 0.25) is 0 Å². The Labute approximate surface area is 101 Å². The lowest BCUT2D eigenvalue weighted by Crippen LogP contribution is -2.43. The summed E-state index contributed by atoms with van der Waals surface area (Å²) >= 11 is 0. The second-order valence-corrected chi connectivity index (χ2v) is 6.04. The summed E-state index contributed by atoms with van der Waals surface area (Å²) in [6.07, 6.45) is 0.914. The van der Waals surface area contributed by atoms with Crippen molar-refractivity contribution in [3.8, 4) is 0 Å². The third kappa shape index (κ3) is 2.23. The molecule has 5 heteroatoms. The van der Waals surface area contributed by atoms with Crippen LogP contribution < -0.4 is 0 Å². The van der Waals surface area contributed by atoms with Gasteiger partial charge in [0.15, 0.2) is 0 Å². The minimum absolute atomic E-state index is 0.112. The second kappa shape index (κ2) is 3.62. The van der Waals surface area contributed by atoms with Crippen LogP contribution in [0.15, 0.2) is 0 Å². The van der Waals surface area contributed by atoms with Crippen molar-refractivity contribution in [3.63, 3.8) is 0 Å². The number of amides is 1. The van der Waals surface area contributed by atoms with E-state index in [4.69, 9.17) is 9.84 Å². The van der Waals surface area contributed by atoms with Gasteiger partial charge in [-0.15, -0.1) is 0 Å². The summed E-state index contributed by atoms with van der Waals surface area (Å²) in [7, 11) is 0. The molecule has 0 aromatic carbocycles. The highest BCUT2D eigenvalue weighted by Crippen LogP contribution is 2.58. The Bertz CT molecular complexity index is 360. The van der Waals surface area contributed by atoms with Crippen LogP contribution in [0.25, 0.3) is 0 Å². The van der Waals surface area contributed by atoms with Crippen molar-refractivity contribution in [3.05, 3.63) is 0 Å². The maximum absolute atomic E-state index is 11.8. The largest absolute Gasteiger partial charge is 0.481 e. The number of carboxylic acid groups (broad SMARTS) is 1. The Hall–Kier alpha value is -1.26. The van der Waals surface area contributed by atoms with Crippen LogP contribution in [0.1, 0.15) is 33.6 Å². The Kier molecular flexibility index (Phi) is 2.60. The number of nitrogens with zero attached hydrogens (tertiary/aromatic N) is 1. The Morgan fingerprint density at radius 1 is 1.41 bits per heavy atom. The summed E-state index contributed by atoms with van der Waals surface area (Å²) in [4.78, 5) is 24.5. The number of carboxylic acids is 1. The molecule has 0 bridgehead atoms. The molecule has 0 aromatic rings. The molecule has 0 radical (unpaired) electrons. The second-order valence-electron chi connectivity index (χ2n) is 6.04. The Morgan fingerprint density at radius 2 is 2.06 bits per heavy atom. The van der Waals surface area contributed by atoms with E-state index in [1.54, 1.807) is 4.90 Å². The van der Waals surface area contributed by atoms with Gasteiger partial charge in [-0.1, -0.05) is 0 Å². The number of fused-ring (bicyclic) bond motifs is 1. The van der Waals surface area contributed by atoms with E-state index < -0.39 is 17.0 Å². The maximum atomic E-state index is 11.8. The maximum Gasteiger partial charge on any atom is 0.410 e. The van der Waals surface area contributed by atoms with E-state index in [1.165, 1.54) is 0 Å². The van der Waals surface area contributed by atoms with Crippen LogP contribution in [-0.4, -0.2) is 40.8 Å². The fourth-order valence-corrected chi connectivity index (χ4v) is 2.48. The van der Waals surface area contributed by atoms with Gasteiger partial charge in [-0.2, -0.15) is 0 Å². The Morgan fingerprint density at radius 3 is 2.53 bits per heavy atom. The highest BCUT2D eigenvalue weighted by atomic mass is 16.6. The van der Waals surface area contributed by atoms with E-state index in [2.05, 4.69) is 0 Å². The number of piperidine rings is 1. The lowest BCUT2D eigenvalue weighted by Gasteiger charge is -2.31. The van der Waals surface area contributed by atoms with E-state index in [0.29, 0.717) is 25.9 Å². The lowest BCUT2D eigenvalue weighted by atomic mass is 9.96. The van der Waals surface area contributed by atoms with Crippen LogP contribution >= 0.6 is 0 Å². The number of likely N-dealkylation sites (tertiary alicyclic amines) is 1. The highest BCUT2D eigenvalue weighted by molar-refractivity contribution is 5.79. The first kappa shape index (κ1) is 12.2. The minimum Gasteiger partial charge on any atom is -0.481 e. The molecule has 0 unspecified atom stereocenters. The summed E-state index contributed by atoms with van der Waals surface area (Å²) in [5.41, 5.74) is -1.04. The fraction of sp³-hybridized carbons (Fsp3) is 0.833. The first-order valence-electron chi connectivity index (χ1n) is 5.96. The molecular weight excluding hydrogens is 222 g/mol. The normalized spacial score (nSPS) is 31.7. The molecular formula is C12H19NO4. The summed E-state index contributed by atoms with van der Waals surface area (Å²) in [5, 5.41) is 9.12. The van der Waals surface area contributed by atoms with Gasteiger partial charge < -0.3 is 14.7 Å². The third-order valence-corrected chi connectivity index (χ3v) is 3.58. The van der Waals surface area contributed by atoms with E-state index in [1.807, 2.05) is 20.8 Å². The molecule has 2 atom stereocenters. The van der Waals surface area contributed by atoms with Gasteiger partial charge in [0.05, 0.1) is 5.41 Å². The number of aliphatic carboxylic acids is 1. The predicted molar refractivity (Wildman–Crippen MR) is 60.6 cm³/mol. The van der Waals surface area contributed by atoms with Crippen LogP contribution in [0.5, 0.6) is 0 Å². The molecule has 2 aliphatic rings. The van der Waals surface area contributed by atoms with Gasteiger partial charge in [0.1, 0.15) is 5.60 Å². The number of hydrogen-bond donors (Lipinski definition) is 1. The van der Waals surface area contributed by atoms with Crippen molar-refractivity contribution in [1.82, 2.24) is 4.90 Å². The quantitative estimate of drug-likeness (QED) is 0.759. The molecule has 1 amide bonds. The lowest BCUT2D eigenvalue weighted by molar-refractivity contribution is -0.145. The van der Waals surface area contributed by atoms with Gasteiger partial charge in [0.25, 0.3) is 0 Å². The van der Waals surface area contributed by atoms with Crippen LogP contribution in [0, 0.1) is 11.3 Å². The van der Waals surface area contributed by atoms with Crippen LogP contribution in [0.3, 0.4) is 0 Å². The molecule has 2 rings (SSSR count). The summed E-state index contributed by atoms with van der Waals surface area (Å²) in [6.45, 7) is 6.48. The van der Waals surface area contributed by atoms with Gasteiger partial charge in [0, 0.05) is 13.1 Å². The molecule has 0 spiro atoms. The van der Waals surface area contributed by atoms with Gasteiger partial charge in [-0.05, 0) is 39.5 Å². The highest BCUT2D eigenvalue weighted by Gasteiger charge is 2.62. The van der Waals surface area contributed by atoms with Crippen molar-refractivity contribution >= 4 is 12.1 Å². The molecule has 1 saturated carbocycles. The first-order chi connectivity index (χ1) is 7.74. The topological polar surface area (TPSA) is 66.8 Å². The molecule has 17 heavy (non-hydrogen) atoms. The predicted octanol–water partition coefficient (Wildman–Crippen LogP) is 1.72. The first-order valence-corrected chi connectivity index (χ1v) is 5.96. The monoisotopic (exact) mass is 241 g/mol. The summed E-state index contributed by atoms with van der Waals surface area (Å²) in [5.74, 6) is -0.604. The van der Waals surface area contributed by atoms with E-state index in [-0.39, 0.29) is 12.0 Å². The molecule has 1 aliphatic heterocycles. The molecule has 2 fully saturated rings. The molecule has 1 heterocycles. The van der Waals surface area contributed by atoms with E-state index in [9.17, 15) is 9.59 Å². The zero-order chi connectivity index (χ0) is 12.8. The molecule has 1 N–H and O–H groups in total. The van der Waals surface area contributed by atoms with E-state index >= 15 is 0 Å². The number of rotatable bonds is 1. The number of hydrogen-bond acceptors (Lipinski definition) is 3. The zero-order valence-corrected chi connectivity index (χ0v) is 10.5. The summed E-state index contributed by atoms with van der Waals surface area (Å²) in [6, 6.07) is 0. The summed E-state index contributed by atoms with van der Waals surface area (Å²) < 4.78 is 5.28. The Balaban J connectivity index is 1.92. The van der Waals surface area contributed by atoms with Crippen molar-refractivity contribution in [2.45, 2.75) is 39.2 Å². The van der Waals surface area contributed by atoms with Crippen molar-refractivity contribution in [2.24, 2.45) is 11.3 Å². The molecule has 5 nitrogen and oxygen atoms in total. The van der Waals surface area contributed by atoms with Gasteiger partial charge in [-0.25, -0.2) is 4.79 Å². The molecule has 1 saturated heterocycles. The van der Waals surface area contributed by atoms with Crippen LogP contribution in [0.2, 0.25) is 0 Å². The molecule has 1 aliphatic carbocycles. The zero-order valence-electron chi connectivity index (χ0n) is 10.5. The third-order valence-electron chi connectivity index (χ3n) is 3.58. The van der Waals surface area contributed by atoms with E-state index in [0.717, 1.165) is 0 Å². The number of ether oxygens (including phenoxy) is 1. The smallest absolute Gasteiger partial charge is 0.410 e. The van der Waals surface area contributed by atoms with Gasteiger partial charge in [-0.3, -0.25) is 4.79 Å². The molecule has 0 aromatic heterocycles. The van der Waals surface area contributed by atoms with Crippen LogP contribution in [0.4, 0.5) is 4.79 Å². The van der Waals surface area contributed by atoms with Crippen molar-refractivity contribution < 1.29 is 19.4 Å². The standard InChI is InChI=1S/C12H19NO4/c1-11(2,3)17-10(16)13-5-4-12(9(14)15)6-8(12)7-13/h8H,4-7H2,1-3H3,(H,14,15)/t8-,12+/m1/s1. The SMILES string of the molecule is CC(C)(C)OC(=O)N1CC[C@]2(C(=O)O)C[C@@H]2C1. The number of carbonyl (C=O) groups excluding carboxylic acids is 1.